The average molecular weight is 286 g/mol. The number of aromatic nitrogens is 4. The molecular formula is C11H16ClN5S. The second-order valence-electron chi connectivity index (χ2n) is 3.83. The van der Waals surface area contributed by atoms with Crippen molar-refractivity contribution in [3.8, 4) is 0 Å². The first kappa shape index (κ1) is 13.4. The van der Waals surface area contributed by atoms with Crippen LogP contribution in [0.25, 0.3) is 5.78 Å². The summed E-state index contributed by atoms with van der Waals surface area (Å²) < 4.78 is 1.69. The molecule has 0 aliphatic rings. The van der Waals surface area contributed by atoms with Crippen molar-refractivity contribution in [1.29, 1.82) is 0 Å². The molecule has 7 heteroatoms. The molecule has 0 aliphatic carbocycles. The standard InChI is InChI=1S/C11H16ClN5S/c1-3-18-6-4-5-13-10-8(2)9(12)16-11-14-7-15-17(10)11/h7,13H,3-6H2,1-2H3. The first-order valence-electron chi connectivity index (χ1n) is 5.91. The van der Waals surface area contributed by atoms with E-state index in [1.54, 1.807) is 4.52 Å². The molecule has 0 atom stereocenters. The maximum atomic E-state index is 6.08. The molecule has 2 aromatic rings. The molecule has 0 saturated carbocycles. The van der Waals surface area contributed by atoms with Gasteiger partial charge in [0.05, 0.1) is 0 Å². The summed E-state index contributed by atoms with van der Waals surface area (Å²) in [6.07, 6.45) is 2.59. The summed E-state index contributed by atoms with van der Waals surface area (Å²) in [5, 5.41) is 7.99. The smallest absolute Gasteiger partial charge is 0.255 e. The summed E-state index contributed by atoms with van der Waals surface area (Å²) in [7, 11) is 0. The summed E-state index contributed by atoms with van der Waals surface area (Å²) in [5.74, 6) is 3.72. The zero-order valence-electron chi connectivity index (χ0n) is 10.5. The third-order valence-corrected chi connectivity index (χ3v) is 3.92. The molecule has 2 aromatic heterocycles. The number of rotatable bonds is 6. The number of halogens is 1. The fourth-order valence-electron chi connectivity index (χ4n) is 1.63. The first-order valence-corrected chi connectivity index (χ1v) is 7.44. The highest BCUT2D eigenvalue weighted by molar-refractivity contribution is 7.99. The maximum absolute atomic E-state index is 6.08. The summed E-state index contributed by atoms with van der Waals surface area (Å²) >= 11 is 8.02. The van der Waals surface area contributed by atoms with Crippen molar-refractivity contribution in [3.63, 3.8) is 0 Å². The van der Waals surface area contributed by atoms with Crippen molar-refractivity contribution in [2.75, 3.05) is 23.4 Å². The highest BCUT2D eigenvalue weighted by atomic mass is 35.5. The normalized spacial score (nSPS) is 11.1. The Morgan fingerprint density at radius 1 is 1.50 bits per heavy atom. The monoisotopic (exact) mass is 285 g/mol. The molecule has 0 fully saturated rings. The summed E-state index contributed by atoms with van der Waals surface area (Å²) in [4.78, 5) is 8.22. The Balaban J connectivity index is 2.11. The van der Waals surface area contributed by atoms with E-state index in [0.29, 0.717) is 10.9 Å². The van der Waals surface area contributed by atoms with Crippen LogP contribution in [0.2, 0.25) is 5.15 Å². The van der Waals surface area contributed by atoms with Crippen LogP contribution in [0.4, 0.5) is 5.82 Å². The third kappa shape index (κ3) is 2.87. The van der Waals surface area contributed by atoms with E-state index in [0.717, 1.165) is 35.9 Å². The summed E-state index contributed by atoms with van der Waals surface area (Å²) in [6, 6.07) is 0. The van der Waals surface area contributed by atoms with E-state index in [1.165, 1.54) is 6.33 Å². The minimum absolute atomic E-state index is 0.473. The van der Waals surface area contributed by atoms with Crippen molar-refractivity contribution in [2.24, 2.45) is 0 Å². The molecule has 0 saturated heterocycles. The molecule has 0 spiro atoms. The van der Waals surface area contributed by atoms with Crippen LogP contribution in [0.3, 0.4) is 0 Å². The van der Waals surface area contributed by atoms with Crippen LogP contribution in [0.5, 0.6) is 0 Å². The van der Waals surface area contributed by atoms with Crippen LogP contribution in [0.15, 0.2) is 6.33 Å². The van der Waals surface area contributed by atoms with E-state index in [1.807, 2.05) is 18.7 Å². The van der Waals surface area contributed by atoms with Crippen molar-refractivity contribution in [2.45, 2.75) is 20.3 Å². The Bertz CT molecular complexity index is 527. The maximum Gasteiger partial charge on any atom is 0.255 e. The zero-order chi connectivity index (χ0) is 13.0. The van der Waals surface area contributed by atoms with Crippen molar-refractivity contribution >= 4 is 35.0 Å². The lowest BCUT2D eigenvalue weighted by Crippen LogP contribution is -2.10. The number of thioether (sulfide) groups is 1. The molecule has 0 aliphatic heterocycles. The largest absolute Gasteiger partial charge is 0.370 e. The molecule has 0 amide bonds. The van der Waals surface area contributed by atoms with Gasteiger partial charge in [-0.3, -0.25) is 0 Å². The Labute approximate surface area is 115 Å². The fourth-order valence-corrected chi connectivity index (χ4v) is 2.43. The van der Waals surface area contributed by atoms with E-state index < -0.39 is 0 Å². The van der Waals surface area contributed by atoms with Crippen molar-refractivity contribution in [3.05, 3.63) is 17.0 Å². The minimum Gasteiger partial charge on any atom is -0.370 e. The Morgan fingerprint density at radius 3 is 3.11 bits per heavy atom. The summed E-state index contributed by atoms with van der Waals surface area (Å²) in [5.41, 5.74) is 0.901. The van der Waals surface area contributed by atoms with Gasteiger partial charge in [0, 0.05) is 12.1 Å². The van der Waals surface area contributed by atoms with E-state index in [4.69, 9.17) is 11.6 Å². The van der Waals surface area contributed by atoms with Crippen LogP contribution in [-0.2, 0) is 0 Å². The minimum atomic E-state index is 0.473. The van der Waals surface area contributed by atoms with Gasteiger partial charge in [-0.25, -0.2) is 0 Å². The number of fused-ring (bicyclic) bond motifs is 1. The van der Waals surface area contributed by atoms with Gasteiger partial charge in [0.2, 0.25) is 0 Å². The average Bonchev–Trinajstić information content (AvgIpc) is 2.81. The van der Waals surface area contributed by atoms with Gasteiger partial charge in [0.1, 0.15) is 17.3 Å². The van der Waals surface area contributed by atoms with Gasteiger partial charge in [-0.15, -0.1) is 0 Å². The molecule has 2 heterocycles. The summed E-state index contributed by atoms with van der Waals surface area (Å²) in [6.45, 7) is 4.99. The van der Waals surface area contributed by atoms with Crippen LogP contribution in [-0.4, -0.2) is 37.6 Å². The fraction of sp³-hybridized carbons (Fsp3) is 0.545. The van der Waals surface area contributed by atoms with E-state index in [2.05, 4.69) is 27.3 Å². The van der Waals surface area contributed by atoms with Gasteiger partial charge in [0.15, 0.2) is 0 Å². The van der Waals surface area contributed by atoms with Gasteiger partial charge < -0.3 is 5.32 Å². The second-order valence-corrected chi connectivity index (χ2v) is 5.58. The highest BCUT2D eigenvalue weighted by Crippen LogP contribution is 2.21. The lowest BCUT2D eigenvalue weighted by Gasteiger charge is -2.11. The van der Waals surface area contributed by atoms with E-state index in [9.17, 15) is 0 Å². The quantitative estimate of drug-likeness (QED) is 0.653. The van der Waals surface area contributed by atoms with Crippen LogP contribution >= 0.6 is 23.4 Å². The molecule has 0 unspecified atom stereocenters. The first-order chi connectivity index (χ1) is 8.74. The van der Waals surface area contributed by atoms with Gasteiger partial charge in [0.25, 0.3) is 5.78 Å². The van der Waals surface area contributed by atoms with E-state index >= 15 is 0 Å². The van der Waals surface area contributed by atoms with Crippen LogP contribution < -0.4 is 5.32 Å². The molecule has 98 valence electrons. The molecule has 18 heavy (non-hydrogen) atoms. The van der Waals surface area contributed by atoms with E-state index in [-0.39, 0.29) is 0 Å². The second kappa shape index (κ2) is 6.24. The molecule has 0 bridgehead atoms. The predicted molar refractivity (Wildman–Crippen MR) is 76.6 cm³/mol. The van der Waals surface area contributed by atoms with Crippen LogP contribution in [0, 0.1) is 6.92 Å². The lowest BCUT2D eigenvalue weighted by molar-refractivity contribution is 0.897. The molecule has 0 aromatic carbocycles. The Hall–Kier alpha value is -1.01. The van der Waals surface area contributed by atoms with Gasteiger partial charge in [-0.05, 0) is 24.9 Å². The number of anilines is 1. The van der Waals surface area contributed by atoms with Gasteiger partial charge in [-0.2, -0.15) is 31.3 Å². The Morgan fingerprint density at radius 2 is 2.33 bits per heavy atom. The number of nitrogens with one attached hydrogen (secondary N) is 1. The number of nitrogens with zero attached hydrogens (tertiary/aromatic N) is 4. The van der Waals surface area contributed by atoms with Crippen LogP contribution in [0.1, 0.15) is 18.9 Å². The predicted octanol–water partition coefficient (Wildman–Crippen LogP) is 2.64. The third-order valence-electron chi connectivity index (χ3n) is 2.57. The molecule has 2 rings (SSSR count). The SMILES string of the molecule is CCSCCCNc1c(C)c(Cl)nc2ncnn12. The highest BCUT2D eigenvalue weighted by Gasteiger charge is 2.11. The zero-order valence-corrected chi connectivity index (χ0v) is 12.1. The van der Waals surface area contributed by atoms with Gasteiger partial charge in [-0.1, -0.05) is 18.5 Å². The van der Waals surface area contributed by atoms with Gasteiger partial charge >= 0.3 is 0 Å². The molecule has 5 nitrogen and oxygen atoms in total. The molecular weight excluding hydrogens is 270 g/mol. The van der Waals surface area contributed by atoms with Crippen molar-refractivity contribution < 1.29 is 0 Å². The van der Waals surface area contributed by atoms with Crippen molar-refractivity contribution in [1.82, 2.24) is 19.6 Å². The topological polar surface area (TPSA) is 55.1 Å². The number of hydrogen-bond acceptors (Lipinski definition) is 5. The molecule has 0 radical (unpaired) electrons. The lowest BCUT2D eigenvalue weighted by atomic mass is 10.3. The number of hydrogen-bond donors (Lipinski definition) is 1. The molecule has 1 N–H and O–H groups in total. The Kier molecular flexibility index (Phi) is 4.66.